The summed E-state index contributed by atoms with van der Waals surface area (Å²) in [6, 6.07) is 0. The first-order valence-corrected chi connectivity index (χ1v) is 7.99. The van der Waals surface area contributed by atoms with E-state index in [9.17, 15) is 5.11 Å². The van der Waals surface area contributed by atoms with Crippen LogP contribution < -0.4 is 0 Å². The largest absolute Gasteiger partial charge is 0.390 e. The van der Waals surface area contributed by atoms with Crippen LogP contribution in [0.5, 0.6) is 0 Å². The lowest BCUT2D eigenvalue weighted by Gasteiger charge is -2.12. The standard InChI is InChI=1S/C9H18O2Si/c1-5-6-7(10)8-9(11-8)12(2,3)4/h5,7-10H,1,6H2,2-4H3/t7-,8+,9+/m1/s1. The van der Waals surface area contributed by atoms with Crippen molar-refractivity contribution in [2.45, 2.75) is 44.0 Å². The zero-order valence-corrected chi connectivity index (χ0v) is 9.08. The molecule has 70 valence electrons. The number of aliphatic hydroxyl groups is 1. The zero-order chi connectivity index (χ0) is 9.35. The second-order valence-corrected chi connectivity index (χ2v) is 9.78. The summed E-state index contributed by atoms with van der Waals surface area (Å²) < 4.78 is 5.46. The van der Waals surface area contributed by atoms with Crippen LogP contribution in [0.25, 0.3) is 0 Å². The predicted octanol–water partition coefficient (Wildman–Crippen LogP) is 1.57. The lowest BCUT2D eigenvalue weighted by molar-refractivity contribution is 0.138. The minimum Gasteiger partial charge on any atom is -0.390 e. The van der Waals surface area contributed by atoms with E-state index in [0.29, 0.717) is 12.1 Å². The molecule has 0 saturated carbocycles. The van der Waals surface area contributed by atoms with Gasteiger partial charge in [-0.25, -0.2) is 0 Å². The van der Waals surface area contributed by atoms with Crippen LogP contribution >= 0.6 is 0 Å². The van der Waals surface area contributed by atoms with Crippen molar-refractivity contribution in [2.75, 3.05) is 0 Å². The molecule has 0 unspecified atom stereocenters. The fourth-order valence-corrected chi connectivity index (χ4v) is 3.19. The van der Waals surface area contributed by atoms with Gasteiger partial charge in [0.2, 0.25) is 0 Å². The van der Waals surface area contributed by atoms with E-state index in [1.807, 2.05) is 0 Å². The summed E-state index contributed by atoms with van der Waals surface area (Å²) in [7, 11) is -1.19. The molecule has 0 bridgehead atoms. The summed E-state index contributed by atoms with van der Waals surface area (Å²) in [5, 5.41) is 9.55. The Hall–Kier alpha value is -0.123. The fourth-order valence-electron chi connectivity index (χ4n) is 1.42. The zero-order valence-electron chi connectivity index (χ0n) is 8.08. The summed E-state index contributed by atoms with van der Waals surface area (Å²) in [4.78, 5) is 0. The van der Waals surface area contributed by atoms with Gasteiger partial charge in [0, 0.05) is 0 Å². The number of ether oxygens (including phenoxy) is 1. The van der Waals surface area contributed by atoms with Crippen LogP contribution in [0.15, 0.2) is 12.7 Å². The Morgan fingerprint density at radius 1 is 1.58 bits per heavy atom. The maximum absolute atomic E-state index is 9.55. The highest BCUT2D eigenvalue weighted by molar-refractivity contribution is 6.78. The van der Waals surface area contributed by atoms with Crippen molar-refractivity contribution in [3.8, 4) is 0 Å². The molecule has 12 heavy (non-hydrogen) atoms. The molecule has 0 spiro atoms. The van der Waals surface area contributed by atoms with Crippen LogP contribution in [0, 0.1) is 0 Å². The van der Waals surface area contributed by atoms with Gasteiger partial charge in [0.25, 0.3) is 0 Å². The number of aliphatic hydroxyl groups excluding tert-OH is 1. The minimum absolute atomic E-state index is 0.0923. The molecule has 1 N–H and O–H groups in total. The molecule has 1 rings (SSSR count). The molecule has 1 fully saturated rings. The van der Waals surface area contributed by atoms with Crippen molar-refractivity contribution in [2.24, 2.45) is 0 Å². The van der Waals surface area contributed by atoms with E-state index < -0.39 is 8.07 Å². The molecule has 3 heteroatoms. The first-order valence-electron chi connectivity index (χ1n) is 4.41. The highest BCUT2D eigenvalue weighted by Gasteiger charge is 2.51. The minimum atomic E-state index is -1.19. The molecule has 1 aliphatic heterocycles. The third-order valence-electron chi connectivity index (χ3n) is 2.17. The van der Waals surface area contributed by atoms with Crippen LogP contribution in [-0.2, 0) is 4.74 Å². The van der Waals surface area contributed by atoms with Crippen molar-refractivity contribution in [1.29, 1.82) is 0 Å². The SMILES string of the molecule is C=CC[C@@H](O)[C@@H]1O[C@H]1[Si](C)(C)C. The normalized spacial score (nSPS) is 31.3. The molecular formula is C9H18O2Si. The Kier molecular flexibility index (Phi) is 2.76. The van der Waals surface area contributed by atoms with Gasteiger partial charge in [0.05, 0.1) is 19.9 Å². The van der Waals surface area contributed by atoms with Gasteiger partial charge in [-0.2, -0.15) is 0 Å². The Morgan fingerprint density at radius 3 is 2.50 bits per heavy atom. The molecule has 2 nitrogen and oxygen atoms in total. The Labute approximate surface area is 75.3 Å². The molecule has 0 radical (unpaired) electrons. The van der Waals surface area contributed by atoms with Crippen molar-refractivity contribution >= 4 is 8.07 Å². The van der Waals surface area contributed by atoms with Gasteiger partial charge < -0.3 is 9.84 Å². The average Bonchev–Trinajstić information content (AvgIpc) is 2.62. The predicted molar refractivity (Wildman–Crippen MR) is 52.8 cm³/mol. The third-order valence-corrected chi connectivity index (χ3v) is 4.34. The second kappa shape index (κ2) is 3.32. The third kappa shape index (κ3) is 2.18. The fraction of sp³-hybridized carbons (Fsp3) is 0.778. The van der Waals surface area contributed by atoms with Gasteiger partial charge in [-0.05, 0) is 6.42 Å². The van der Waals surface area contributed by atoms with Gasteiger partial charge in [0.15, 0.2) is 0 Å². The van der Waals surface area contributed by atoms with E-state index in [1.54, 1.807) is 6.08 Å². The van der Waals surface area contributed by atoms with Crippen molar-refractivity contribution in [1.82, 2.24) is 0 Å². The molecule has 1 saturated heterocycles. The van der Waals surface area contributed by atoms with Crippen LogP contribution in [0.1, 0.15) is 6.42 Å². The number of epoxide rings is 1. The van der Waals surface area contributed by atoms with E-state index in [-0.39, 0.29) is 12.2 Å². The number of hydrogen-bond acceptors (Lipinski definition) is 2. The highest BCUT2D eigenvalue weighted by Crippen LogP contribution is 2.34. The van der Waals surface area contributed by atoms with Gasteiger partial charge >= 0.3 is 0 Å². The summed E-state index contributed by atoms with van der Waals surface area (Å²) in [6.07, 6.45) is 2.15. The Morgan fingerprint density at radius 2 is 2.17 bits per heavy atom. The molecule has 3 atom stereocenters. The molecular weight excluding hydrogens is 168 g/mol. The van der Waals surface area contributed by atoms with E-state index in [1.165, 1.54) is 0 Å². The van der Waals surface area contributed by atoms with Crippen LogP contribution in [0.4, 0.5) is 0 Å². The number of hydrogen-bond donors (Lipinski definition) is 1. The highest BCUT2D eigenvalue weighted by atomic mass is 28.3. The monoisotopic (exact) mass is 186 g/mol. The lowest BCUT2D eigenvalue weighted by Crippen LogP contribution is -2.33. The maximum Gasteiger partial charge on any atom is 0.107 e. The molecule has 1 aliphatic rings. The van der Waals surface area contributed by atoms with E-state index in [0.717, 1.165) is 0 Å². The van der Waals surface area contributed by atoms with Gasteiger partial charge in [-0.1, -0.05) is 25.7 Å². The van der Waals surface area contributed by atoms with Crippen LogP contribution in [0.3, 0.4) is 0 Å². The summed E-state index contributed by atoms with van der Waals surface area (Å²) in [5.74, 6) is 0. The summed E-state index contributed by atoms with van der Waals surface area (Å²) in [6.45, 7) is 10.4. The van der Waals surface area contributed by atoms with Crippen molar-refractivity contribution in [3.05, 3.63) is 12.7 Å². The number of rotatable bonds is 4. The molecule has 0 aromatic heterocycles. The second-order valence-electron chi connectivity index (χ2n) is 4.48. The molecule has 0 amide bonds. The van der Waals surface area contributed by atoms with Gasteiger partial charge in [-0.3, -0.25) is 0 Å². The lowest BCUT2D eigenvalue weighted by atomic mass is 10.2. The first-order chi connectivity index (χ1) is 5.46. The van der Waals surface area contributed by atoms with E-state index in [2.05, 4.69) is 26.2 Å². The molecule has 0 aromatic rings. The van der Waals surface area contributed by atoms with Crippen molar-refractivity contribution < 1.29 is 9.84 Å². The maximum atomic E-state index is 9.55. The topological polar surface area (TPSA) is 32.8 Å². The quantitative estimate of drug-likeness (QED) is 0.411. The molecule has 0 aliphatic carbocycles. The summed E-state index contributed by atoms with van der Waals surface area (Å²) in [5.41, 5.74) is 0.354. The van der Waals surface area contributed by atoms with Gasteiger partial charge in [0.1, 0.15) is 6.10 Å². The molecule has 1 heterocycles. The Balaban J connectivity index is 2.37. The van der Waals surface area contributed by atoms with E-state index >= 15 is 0 Å². The van der Waals surface area contributed by atoms with Crippen LogP contribution in [0.2, 0.25) is 19.6 Å². The smallest absolute Gasteiger partial charge is 0.107 e. The summed E-state index contributed by atoms with van der Waals surface area (Å²) >= 11 is 0. The average molecular weight is 186 g/mol. The van der Waals surface area contributed by atoms with E-state index in [4.69, 9.17) is 4.74 Å². The first kappa shape index (κ1) is 9.96. The molecule has 0 aromatic carbocycles. The Bertz CT molecular complexity index is 174. The van der Waals surface area contributed by atoms with Crippen LogP contribution in [-0.4, -0.2) is 31.1 Å². The van der Waals surface area contributed by atoms with Gasteiger partial charge in [-0.15, -0.1) is 6.58 Å². The van der Waals surface area contributed by atoms with Crippen molar-refractivity contribution in [3.63, 3.8) is 0 Å².